The van der Waals surface area contributed by atoms with Gasteiger partial charge in [-0.15, -0.1) is 11.3 Å². The van der Waals surface area contributed by atoms with Crippen LogP contribution in [0.25, 0.3) is 0 Å². The van der Waals surface area contributed by atoms with E-state index in [-0.39, 0.29) is 18.2 Å². The summed E-state index contributed by atoms with van der Waals surface area (Å²) in [6.45, 7) is 4.69. The number of hydrogen-bond donors (Lipinski definition) is 2. The highest BCUT2D eigenvalue weighted by Gasteiger charge is 2.22. The Labute approximate surface area is 116 Å². The predicted octanol–water partition coefficient (Wildman–Crippen LogP) is 2.60. The van der Waals surface area contributed by atoms with E-state index >= 15 is 0 Å². The van der Waals surface area contributed by atoms with Crippen molar-refractivity contribution in [3.8, 4) is 0 Å². The van der Waals surface area contributed by atoms with Crippen LogP contribution in [-0.4, -0.2) is 35.7 Å². The first-order chi connectivity index (χ1) is 7.91. The minimum atomic E-state index is -0.263. The van der Waals surface area contributed by atoms with E-state index in [0.29, 0.717) is 0 Å². The standard InChI is InChI=1S/C12H21BrN2OS/c1-8(16)4-5-15(3)12(9(2)14)11-6-10(13)7-17-11/h6-9,12,16H,4-5,14H2,1-3H3. The van der Waals surface area contributed by atoms with Gasteiger partial charge in [0.15, 0.2) is 0 Å². The molecule has 1 aromatic rings. The zero-order chi connectivity index (χ0) is 13.0. The molecular formula is C12H21BrN2OS. The van der Waals surface area contributed by atoms with Crippen LogP contribution in [0, 0.1) is 0 Å². The minimum Gasteiger partial charge on any atom is -0.393 e. The van der Waals surface area contributed by atoms with E-state index in [0.717, 1.165) is 17.4 Å². The quantitative estimate of drug-likeness (QED) is 0.847. The van der Waals surface area contributed by atoms with Gasteiger partial charge in [-0.1, -0.05) is 0 Å². The Morgan fingerprint density at radius 1 is 1.53 bits per heavy atom. The Morgan fingerprint density at radius 2 is 2.18 bits per heavy atom. The van der Waals surface area contributed by atoms with Gasteiger partial charge in [-0.25, -0.2) is 0 Å². The lowest BCUT2D eigenvalue weighted by molar-refractivity contribution is 0.144. The first kappa shape index (κ1) is 15.1. The maximum Gasteiger partial charge on any atom is 0.0588 e. The molecule has 1 aromatic heterocycles. The van der Waals surface area contributed by atoms with Gasteiger partial charge in [-0.3, -0.25) is 4.90 Å². The second kappa shape index (κ2) is 6.85. The van der Waals surface area contributed by atoms with E-state index in [1.165, 1.54) is 4.88 Å². The lowest BCUT2D eigenvalue weighted by Gasteiger charge is -2.30. The Hall–Kier alpha value is 0.0600. The molecule has 5 heteroatoms. The Bertz CT molecular complexity index is 341. The summed E-state index contributed by atoms with van der Waals surface area (Å²) in [5, 5.41) is 11.4. The van der Waals surface area contributed by atoms with E-state index < -0.39 is 0 Å². The maximum atomic E-state index is 9.33. The van der Waals surface area contributed by atoms with Gasteiger partial charge in [0.05, 0.1) is 12.1 Å². The molecule has 0 amide bonds. The molecule has 3 N–H and O–H groups in total. The first-order valence-corrected chi connectivity index (χ1v) is 7.47. The van der Waals surface area contributed by atoms with Gasteiger partial charge >= 0.3 is 0 Å². The Kier molecular flexibility index (Phi) is 6.09. The van der Waals surface area contributed by atoms with Crippen molar-refractivity contribution in [3.63, 3.8) is 0 Å². The van der Waals surface area contributed by atoms with Crippen LogP contribution in [0.5, 0.6) is 0 Å². The molecule has 0 aliphatic carbocycles. The molecule has 3 nitrogen and oxygen atoms in total. The third kappa shape index (κ3) is 4.67. The molecule has 0 aliphatic rings. The Balaban J connectivity index is 2.72. The van der Waals surface area contributed by atoms with Gasteiger partial charge < -0.3 is 10.8 Å². The first-order valence-electron chi connectivity index (χ1n) is 5.79. The highest BCUT2D eigenvalue weighted by atomic mass is 79.9. The molecule has 0 saturated heterocycles. The number of hydrogen-bond acceptors (Lipinski definition) is 4. The fraction of sp³-hybridized carbons (Fsp3) is 0.667. The highest BCUT2D eigenvalue weighted by molar-refractivity contribution is 9.10. The maximum absolute atomic E-state index is 9.33. The monoisotopic (exact) mass is 320 g/mol. The summed E-state index contributed by atoms with van der Waals surface area (Å²) in [6.07, 6.45) is 0.507. The Morgan fingerprint density at radius 3 is 2.59 bits per heavy atom. The zero-order valence-electron chi connectivity index (χ0n) is 10.6. The van der Waals surface area contributed by atoms with Crippen molar-refractivity contribution in [1.82, 2.24) is 4.90 Å². The van der Waals surface area contributed by atoms with Crippen LogP contribution >= 0.6 is 27.3 Å². The summed E-state index contributed by atoms with van der Waals surface area (Å²) in [7, 11) is 2.06. The lowest BCUT2D eigenvalue weighted by atomic mass is 10.1. The van der Waals surface area contributed by atoms with E-state index in [4.69, 9.17) is 5.73 Å². The molecule has 0 fully saturated rings. The fourth-order valence-corrected chi connectivity index (χ4v) is 3.61. The molecule has 0 aliphatic heterocycles. The molecule has 0 aromatic carbocycles. The second-order valence-electron chi connectivity index (χ2n) is 4.59. The number of rotatable bonds is 6. The van der Waals surface area contributed by atoms with Crippen molar-refractivity contribution in [2.45, 2.75) is 38.5 Å². The van der Waals surface area contributed by atoms with E-state index in [9.17, 15) is 5.11 Å². The summed E-state index contributed by atoms with van der Waals surface area (Å²) in [5.74, 6) is 0. The van der Waals surface area contributed by atoms with Crippen LogP contribution in [0.2, 0.25) is 0 Å². The van der Waals surface area contributed by atoms with Crippen LogP contribution in [0.1, 0.15) is 31.2 Å². The number of nitrogens with zero attached hydrogens (tertiary/aromatic N) is 1. The fourth-order valence-electron chi connectivity index (χ4n) is 1.89. The molecule has 98 valence electrons. The number of halogens is 1. The summed E-state index contributed by atoms with van der Waals surface area (Å²) in [4.78, 5) is 3.48. The second-order valence-corrected chi connectivity index (χ2v) is 6.45. The predicted molar refractivity (Wildman–Crippen MR) is 77.3 cm³/mol. The minimum absolute atomic E-state index is 0.0690. The molecule has 0 bridgehead atoms. The van der Waals surface area contributed by atoms with Crippen molar-refractivity contribution in [3.05, 3.63) is 20.8 Å². The topological polar surface area (TPSA) is 49.5 Å². The van der Waals surface area contributed by atoms with E-state index in [1.807, 2.05) is 13.8 Å². The molecule has 0 spiro atoms. The smallest absolute Gasteiger partial charge is 0.0588 e. The van der Waals surface area contributed by atoms with Gasteiger partial charge in [0.1, 0.15) is 0 Å². The summed E-state index contributed by atoms with van der Waals surface area (Å²) in [5.41, 5.74) is 6.07. The number of aliphatic hydroxyl groups is 1. The van der Waals surface area contributed by atoms with Crippen LogP contribution in [-0.2, 0) is 0 Å². The summed E-state index contributed by atoms with van der Waals surface area (Å²) >= 11 is 5.19. The third-order valence-corrected chi connectivity index (χ3v) is 4.52. The average molecular weight is 321 g/mol. The number of nitrogens with two attached hydrogens (primary N) is 1. The van der Waals surface area contributed by atoms with Crippen molar-refractivity contribution >= 4 is 27.3 Å². The number of aliphatic hydroxyl groups excluding tert-OH is 1. The molecular weight excluding hydrogens is 300 g/mol. The highest BCUT2D eigenvalue weighted by Crippen LogP contribution is 2.30. The number of likely N-dealkylation sites (N-methyl/N-ethyl adjacent to an activating group) is 1. The molecule has 3 unspecified atom stereocenters. The molecule has 0 saturated carbocycles. The lowest BCUT2D eigenvalue weighted by Crippen LogP contribution is -2.37. The van der Waals surface area contributed by atoms with Crippen LogP contribution < -0.4 is 5.73 Å². The normalized spacial score (nSPS) is 17.1. The average Bonchev–Trinajstić information content (AvgIpc) is 2.61. The van der Waals surface area contributed by atoms with Crippen molar-refractivity contribution in [1.29, 1.82) is 0 Å². The number of thiophene rings is 1. The SMILES string of the molecule is CC(O)CCN(C)C(c1cc(Br)cs1)C(C)N. The molecule has 17 heavy (non-hydrogen) atoms. The largest absolute Gasteiger partial charge is 0.393 e. The zero-order valence-corrected chi connectivity index (χ0v) is 13.0. The molecule has 1 rings (SSSR count). The van der Waals surface area contributed by atoms with E-state index in [1.54, 1.807) is 11.3 Å². The van der Waals surface area contributed by atoms with Gasteiger partial charge in [0.2, 0.25) is 0 Å². The summed E-state index contributed by atoms with van der Waals surface area (Å²) < 4.78 is 1.10. The molecule has 0 radical (unpaired) electrons. The van der Waals surface area contributed by atoms with Crippen LogP contribution in [0.4, 0.5) is 0 Å². The van der Waals surface area contributed by atoms with Gasteiger partial charge in [0.25, 0.3) is 0 Å². The molecule has 1 heterocycles. The van der Waals surface area contributed by atoms with Crippen LogP contribution in [0.3, 0.4) is 0 Å². The van der Waals surface area contributed by atoms with Crippen LogP contribution in [0.15, 0.2) is 15.9 Å². The summed E-state index contributed by atoms with van der Waals surface area (Å²) in [6, 6.07) is 2.40. The van der Waals surface area contributed by atoms with Crippen molar-refractivity contribution < 1.29 is 5.11 Å². The van der Waals surface area contributed by atoms with Crippen molar-refractivity contribution in [2.24, 2.45) is 5.73 Å². The van der Waals surface area contributed by atoms with Gasteiger partial charge in [-0.2, -0.15) is 0 Å². The van der Waals surface area contributed by atoms with E-state index in [2.05, 4.69) is 39.3 Å². The van der Waals surface area contributed by atoms with Gasteiger partial charge in [-0.05, 0) is 49.3 Å². The third-order valence-electron chi connectivity index (χ3n) is 2.75. The van der Waals surface area contributed by atoms with Crippen molar-refractivity contribution in [2.75, 3.05) is 13.6 Å². The molecule has 3 atom stereocenters. The van der Waals surface area contributed by atoms with Gasteiger partial charge in [0, 0.05) is 27.3 Å².